The third kappa shape index (κ3) is 1.97. The summed E-state index contributed by atoms with van der Waals surface area (Å²) in [4.78, 5) is 9.03. The van der Waals surface area contributed by atoms with Crippen molar-refractivity contribution < 1.29 is 0 Å². The van der Waals surface area contributed by atoms with Crippen LogP contribution in [0.5, 0.6) is 0 Å². The molecule has 0 aliphatic rings. The van der Waals surface area contributed by atoms with Gasteiger partial charge in [-0.25, -0.2) is 9.97 Å². The second-order valence-electron chi connectivity index (χ2n) is 4.67. The van der Waals surface area contributed by atoms with E-state index in [-0.39, 0.29) is 0 Å². The molecule has 0 radical (unpaired) electrons. The molecule has 0 aliphatic heterocycles. The molecule has 98 valence electrons. The molecule has 5 heteroatoms. The second-order valence-corrected chi connectivity index (χ2v) is 4.67. The third-order valence-electron chi connectivity index (χ3n) is 3.39. The van der Waals surface area contributed by atoms with Crippen LogP contribution >= 0.6 is 0 Å². The van der Waals surface area contributed by atoms with E-state index in [9.17, 15) is 0 Å². The van der Waals surface area contributed by atoms with Crippen LogP contribution in [0.15, 0.2) is 30.6 Å². The number of anilines is 1. The minimum atomic E-state index is 0.729. The van der Waals surface area contributed by atoms with Gasteiger partial charge in [-0.05, 0) is 18.2 Å². The lowest BCUT2D eigenvalue weighted by Gasteiger charge is -2.08. The van der Waals surface area contributed by atoms with Crippen LogP contribution in [-0.2, 0) is 20.0 Å². The maximum atomic E-state index is 5.82. The molecule has 2 aromatic heterocycles. The van der Waals surface area contributed by atoms with Crippen LogP contribution in [0, 0.1) is 0 Å². The van der Waals surface area contributed by atoms with Crippen LogP contribution in [-0.4, -0.2) is 19.1 Å². The average molecular weight is 255 g/mol. The molecule has 19 heavy (non-hydrogen) atoms. The molecule has 2 heterocycles. The van der Waals surface area contributed by atoms with Gasteiger partial charge in [-0.2, -0.15) is 0 Å². The van der Waals surface area contributed by atoms with Gasteiger partial charge in [0.1, 0.15) is 11.6 Å². The van der Waals surface area contributed by atoms with Gasteiger partial charge in [0.05, 0.1) is 17.6 Å². The second kappa shape index (κ2) is 4.42. The minimum Gasteiger partial charge on any atom is -0.399 e. The highest BCUT2D eigenvalue weighted by atomic mass is 15.1. The molecule has 0 aliphatic carbocycles. The zero-order chi connectivity index (χ0) is 13.4. The van der Waals surface area contributed by atoms with Crippen LogP contribution in [0.25, 0.3) is 11.0 Å². The van der Waals surface area contributed by atoms with Crippen molar-refractivity contribution in [2.75, 3.05) is 5.73 Å². The van der Waals surface area contributed by atoms with Gasteiger partial charge in [0.2, 0.25) is 0 Å². The summed E-state index contributed by atoms with van der Waals surface area (Å²) < 4.78 is 4.24. The van der Waals surface area contributed by atoms with Crippen molar-refractivity contribution in [1.29, 1.82) is 0 Å². The van der Waals surface area contributed by atoms with E-state index in [4.69, 9.17) is 5.73 Å². The van der Waals surface area contributed by atoms with Crippen molar-refractivity contribution in [1.82, 2.24) is 19.1 Å². The highest BCUT2D eigenvalue weighted by Crippen LogP contribution is 2.20. The molecule has 5 nitrogen and oxygen atoms in total. The van der Waals surface area contributed by atoms with E-state index >= 15 is 0 Å². The molecule has 3 rings (SSSR count). The first-order chi connectivity index (χ1) is 9.19. The van der Waals surface area contributed by atoms with Crippen molar-refractivity contribution in [3.8, 4) is 0 Å². The van der Waals surface area contributed by atoms with Crippen molar-refractivity contribution >= 4 is 16.7 Å². The fraction of sp³-hybridized carbons (Fsp3) is 0.286. The van der Waals surface area contributed by atoms with E-state index in [0.29, 0.717) is 0 Å². The smallest absolute Gasteiger partial charge is 0.128 e. The van der Waals surface area contributed by atoms with E-state index in [1.807, 2.05) is 42.2 Å². The fourth-order valence-electron chi connectivity index (χ4n) is 2.33. The topological polar surface area (TPSA) is 61.7 Å². The number of nitrogens with two attached hydrogens (primary N) is 1. The molecular weight excluding hydrogens is 238 g/mol. The highest BCUT2D eigenvalue weighted by Gasteiger charge is 2.11. The molecule has 0 spiro atoms. The number of hydrogen-bond donors (Lipinski definition) is 1. The maximum absolute atomic E-state index is 5.82. The Labute approximate surface area is 111 Å². The molecule has 0 saturated carbocycles. The summed E-state index contributed by atoms with van der Waals surface area (Å²) in [6.45, 7) is 2.84. The number of aryl methyl sites for hydroxylation is 2. The summed E-state index contributed by atoms with van der Waals surface area (Å²) in [5, 5.41) is 0. The Balaban J connectivity index is 2.13. The van der Waals surface area contributed by atoms with E-state index in [1.54, 1.807) is 0 Å². The first-order valence-corrected chi connectivity index (χ1v) is 6.40. The summed E-state index contributed by atoms with van der Waals surface area (Å²) in [6.07, 6.45) is 4.66. The van der Waals surface area contributed by atoms with E-state index < -0.39 is 0 Å². The molecular formula is C14H17N5. The van der Waals surface area contributed by atoms with Gasteiger partial charge < -0.3 is 14.9 Å². The Hall–Kier alpha value is -2.30. The van der Waals surface area contributed by atoms with Gasteiger partial charge in [0, 0.05) is 31.5 Å². The summed E-state index contributed by atoms with van der Waals surface area (Å²) in [5.74, 6) is 2.08. The third-order valence-corrected chi connectivity index (χ3v) is 3.39. The SMILES string of the molecule is CCc1nc2cc(N)ccc2n1Cc1nccn1C. The molecule has 3 aromatic rings. The van der Waals surface area contributed by atoms with Crippen molar-refractivity contribution in [3.05, 3.63) is 42.2 Å². The summed E-state index contributed by atoms with van der Waals surface area (Å²) in [6, 6.07) is 5.86. The molecule has 0 amide bonds. The lowest BCUT2D eigenvalue weighted by Crippen LogP contribution is -2.08. The largest absolute Gasteiger partial charge is 0.399 e. The molecule has 0 bridgehead atoms. The summed E-state index contributed by atoms with van der Waals surface area (Å²) >= 11 is 0. The molecule has 0 atom stereocenters. The van der Waals surface area contributed by atoms with Gasteiger partial charge in [0.15, 0.2) is 0 Å². The zero-order valence-corrected chi connectivity index (χ0v) is 11.2. The summed E-state index contributed by atoms with van der Waals surface area (Å²) in [5.41, 5.74) is 8.62. The number of hydrogen-bond acceptors (Lipinski definition) is 3. The number of fused-ring (bicyclic) bond motifs is 1. The average Bonchev–Trinajstić information content (AvgIpc) is 2.94. The van der Waals surface area contributed by atoms with Crippen LogP contribution in [0.4, 0.5) is 5.69 Å². The highest BCUT2D eigenvalue weighted by molar-refractivity contribution is 5.79. The first kappa shape index (κ1) is 11.8. The molecule has 2 N–H and O–H groups in total. The summed E-state index contributed by atoms with van der Waals surface area (Å²) in [7, 11) is 2.01. The molecule has 0 fully saturated rings. The minimum absolute atomic E-state index is 0.729. The van der Waals surface area contributed by atoms with Crippen molar-refractivity contribution in [3.63, 3.8) is 0 Å². The number of nitrogen functional groups attached to an aromatic ring is 1. The Kier molecular flexibility index (Phi) is 2.74. The monoisotopic (exact) mass is 255 g/mol. The molecule has 1 aromatic carbocycles. The van der Waals surface area contributed by atoms with Gasteiger partial charge in [-0.3, -0.25) is 0 Å². The van der Waals surface area contributed by atoms with E-state index in [2.05, 4.69) is 21.5 Å². The number of nitrogens with zero attached hydrogens (tertiary/aromatic N) is 4. The predicted octanol–water partition coefficient (Wildman–Crippen LogP) is 1.96. The standard InChI is InChI=1S/C14H17N5/c1-3-13-17-11-8-10(15)4-5-12(11)19(13)9-14-16-6-7-18(14)2/h4-8H,3,9,15H2,1-2H3. The molecule has 0 unspecified atom stereocenters. The number of aromatic nitrogens is 4. The van der Waals surface area contributed by atoms with Gasteiger partial charge in [0.25, 0.3) is 0 Å². The van der Waals surface area contributed by atoms with Crippen molar-refractivity contribution in [2.45, 2.75) is 19.9 Å². The van der Waals surface area contributed by atoms with Crippen LogP contribution in [0.2, 0.25) is 0 Å². The normalized spacial score (nSPS) is 11.3. The predicted molar refractivity (Wildman–Crippen MR) is 75.8 cm³/mol. The lowest BCUT2D eigenvalue weighted by atomic mass is 10.3. The Morgan fingerprint density at radius 3 is 2.79 bits per heavy atom. The maximum Gasteiger partial charge on any atom is 0.128 e. The number of rotatable bonds is 3. The lowest BCUT2D eigenvalue weighted by molar-refractivity contribution is 0.682. The van der Waals surface area contributed by atoms with Crippen LogP contribution in [0.3, 0.4) is 0 Å². The Morgan fingerprint density at radius 2 is 2.11 bits per heavy atom. The van der Waals surface area contributed by atoms with Gasteiger partial charge >= 0.3 is 0 Å². The van der Waals surface area contributed by atoms with Crippen molar-refractivity contribution in [2.24, 2.45) is 7.05 Å². The van der Waals surface area contributed by atoms with E-state index in [1.165, 1.54) is 0 Å². The Bertz CT molecular complexity index is 723. The van der Waals surface area contributed by atoms with Gasteiger partial charge in [-0.1, -0.05) is 6.92 Å². The van der Waals surface area contributed by atoms with Crippen LogP contribution in [0.1, 0.15) is 18.6 Å². The fourth-order valence-corrected chi connectivity index (χ4v) is 2.33. The Morgan fingerprint density at radius 1 is 1.26 bits per heavy atom. The first-order valence-electron chi connectivity index (χ1n) is 6.40. The van der Waals surface area contributed by atoms with E-state index in [0.717, 1.165) is 41.3 Å². The number of imidazole rings is 2. The van der Waals surface area contributed by atoms with Gasteiger partial charge in [-0.15, -0.1) is 0 Å². The molecule has 0 saturated heterocycles. The van der Waals surface area contributed by atoms with Crippen LogP contribution < -0.4 is 5.73 Å². The number of benzene rings is 1. The zero-order valence-electron chi connectivity index (χ0n) is 11.2. The quantitative estimate of drug-likeness (QED) is 0.728.